The van der Waals surface area contributed by atoms with E-state index in [1.165, 1.54) is 19.3 Å². The summed E-state index contributed by atoms with van der Waals surface area (Å²) in [4.78, 5) is 0. The normalized spacial score (nSPS) is 14.2. The Hall–Kier alpha value is -0.0400. The lowest BCUT2D eigenvalue weighted by atomic mass is 9.85. The second-order valence-electron chi connectivity index (χ2n) is 4.10. The van der Waals surface area contributed by atoms with Crippen molar-refractivity contribution >= 4 is 0 Å². The SMILES string of the molecule is CCC(CC)CC(CO)C(C)C. The van der Waals surface area contributed by atoms with Gasteiger partial charge < -0.3 is 5.11 Å². The summed E-state index contributed by atoms with van der Waals surface area (Å²) in [6, 6.07) is 0. The molecule has 1 unspecified atom stereocenters. The molecule has 0 saturated heterocycles. The van der Waals surface area contributed by atoms with Gasteiger partial charge in [-0.3, -0.25) is 0 Å². The third-order valence-electron chi connectivity index (χ3n) is 2.97. The quantitative estimate of drug-likeness (QED) is 0.653. The first-order chi connectivity index (χ1) is 5.65. The first-order valence-electron chi connectivity index (χ1n) is 5.26. The molecule has 0 aliphatic carbocycles. The highest BCUT2D eigenvalue weighted by molar-refractivity contribution is 4.66. The lowest BCUT2D eigenvalue weighted by Crippen LogP contribution is -2.17. The first kappa shape index (κ1) is 12.0. The Morgan fingerprint density at radius 3 is 1.83 bits per heavy atom. The van der Waals surface area contributed by atoms with Crippen LogP contribution >= 0.6 is 0 Å². The number of rotatable bonds is 6. The third kappa shape index (κ3) is 4.10. The summed E-state index contributed by atoms with van der Waals surface area (Å²) < 4.78 is 0. The molecule has 0 heterocycles. The Kier molecular flexibility index (Phi) is 6.45. The van der Waals surface area contributed by atoms with E-state index in [0.29, 0.717) is 18.4 Å². The molecule has 0 aromatic carbocycles. The largest absolute Gasteiger partial charge is 0.396 e. The Bertz CT molecular complexity index is 95.2. The molecular weight excluding hydrogens is 148 g/mol. The molecule has 0 aliphatic rings. The van der Waals surface area contributed by atoms with Gasteiger partial charge >= 0.3 is 0 Å². The van der Waals surface area contributed by atoms with Gasteiger partial charge in [0, 0.05) is 6.61 Å². The summed E-state index contributed by atoms with van der Waals surface area (Å²) >= 11 is 0. The average Bonchev–Trinajstić information content (AvgIpc) is 2.06. The zero-order valence-corrected chi connectivity index (χ0v) is 9.01. The maximum atomic E-state index is 9.14. The van der Waals surface area contributed by atoms with Crippen molar-refractivity contribution in [3.8, 4) is 0 Å². The van der Waals surface area contributed by atoms with E-state index in [0.717, 1.165) is 5.92 Å². The van der Waals surface area contributed by atoms with Gasteiger partial charge in [-0.15, -0.1) is 0 Å². The lowest BCUT2D eigenvalue weighted by Gasteiger charge is -2.22. The van der Waals surface area contributed by atoms with Gasteiger partial charge in [-0.25, -0.2) is 0 Å². The van der Waals surface area contributed by atoms with E-state index in [2.05, 4.69) is 27.7 Å². The number of hydrogen-bond donors (Lipinski definition) is 1. The van der Waals surface area contributed by atoms with Crippen molar-refractivity contribution in [3.05, 3.63) is 0 Å². The van der Waals surface area contributed by atoms with Crippen molar-refractivity contribution < 1.29 is 5.11 Å². The minimum Gasteiger partial charge on any atom is -0.396 e. The van der Waals surface area contributed by atoms with Crippen molar-refractivity contribution in [2.75, 3.05) is 6.61 Å². The molecule has 0 amide bonds. The molecule has 0 rings (SSSR count). The van der Waals surface area contributed by atoms with Crippen LogP contribution in [0.5, 0.6) is 0 Å². The molecule has 12 heavy (non-hydrogen) atoms. The van der Waals surface area contributed by atoms with E-state index in [4.69, 9.17) is 5.11 Å². The second kappa shape index (κ2) is 6.47. The molecule has 1 nitrogen and oxygen atoms in total. The van der Waals surface area contributed by atoms with E-state index < -0.39 is 0 Å². The molecule has 0 spiro atoms. The van der Waals surface area contributed by atoms with E-state index in [-0.39, 0.29) is 0 Å². The van der Waals surface area contributed by atoms with Crippen LogP contribution in [0.25, 0.3) is 0 Å². The Morgan fingerprint density at radius 2 is 1.58 bits per heavy atom. The molecule has 0 aliphatic heterocycles. The van der Waals surface area contributed by atoms with Gasteiger partial charge in [0.2, 0.25) is 0 Å². The predicted octanol–water partition coefficient (Wildman–Crippen LogP) is 3.08. The van der Waals surface area contributed by atoms with Crippen LogP contribution in [0.2, 0.25) is 0 Å². The van der Waals surface area contributed by atoms with Crippen molar-refractivity contribution in [3.63, 3.8) is 0 Å². The van der Waals surface area contributed by atoms with E-state index >= 15 is 0 Å². The summed E-state index contributed by atoms with van der Waals surface area (Å²) in [5.74, 6) is 1.94. The van der Waals surface area contributed by atoms with Crippen LogP contribution in [0.4, 0.5) is 0 Å². The van der Waals surface area contributed by atoms with Crippen LogP contribution in [0.1, 0.15) is 47.0 Å². The van der Waals surface area contributed by atoms with Gasteiger partial charge in [0.15, 0.2) is 0 Å². The minimum absolute atomic E-state index is 0.355. The van der Waals surface area contributed by atoms with Crippen LogP contribution in [-0.2, 0) is 0 Å². The van der Waals surface area contributed by atoms with Gasteiger partial charge in [0.1, 0.15) is 0 Å². The van der Waals surface area contributed by atoms with Crippen LogP contribution in [0.15, 0.2) is 0 Å². The van der Waals surface area contributed by atoms with E-state index in [9.17, 15) is 0 Å². The van der Waals surface area contributed by atoms with E-state index in [1.54, 1.807) is 0 Å². The highest BCUT2D eigenvalue weighted by Gasteiger charge is 2.16. The molecule has 0 radical (unpaired) electrons. The molecular formula is C11H24O. The zero-order chi connectivity index (χ0) is 9.56. The standard InChI is InChI=1S/C11H24O/c1-5-10(6-2)7-11(8-12)9(3)4/h9-12H,5-8H2,1-4H3. The molecule has 1 atom stereocenters. The fraction of sp³-hybridized carbons (Fsp3) is 1.00. The Morgan fingerprint density at radius 1 is 1.08 bits per heavy atom. The number of hydrogen-bond acceptors (Lipinski definition) is 1. The first-order valence-corrected chi connectivity index (χ1v) is 5.26. The van der Waals surface area contributed by atoms with Crippen LogP contribution in [-0.4, -0.2) is 11.7 Å². The molecule has 74 valence electrons. The molecule has 0 aromatic heterocycles. The summed E-state index contributed by atoms with van der Waals surface area (Å²) in [7, 11) is 0. The third-order valence-corrected chi connectivity index (χ3v) is 2.97. The van der Waals surface area contributed by atoms with Crippen LogP contribution in [0.3, 0.4) is 0 Å². The fourth-order valence-corrected chi connectivity index (χ4v) is 1.61. The smallest absolute Gasteiger partial charge is 0.0461 e. The molecule has 1 N–H and O–H groups in total. The molecule has 0 aromatic rings. The topological polar surface area (TPSA) is 20.2 Å². The van der Waals surface area contributed by atoms with Crippen LogP contribution < -0.4 is 0 Å². The van der Waals surface area contributed by atoms with Gasteiger partial charge in [0.05, 0.1) is 0 Å². The summed E-state index contributed by atoms with van der Waals surface area (Å²) in [5.41, 5.74) is 0. The van der Waals surface area contributed by atoms with Crippen LogP contribution in [0, 0.1) is 17.8 Å². The Labute approximate surface area is 77.2 Å². The second-order valence-corrected chi connectivity index (χ2v) is 4.10. The molecule has 1 heteroatoms. The summed E-state index contributed by atoms with van der Waals surface area (Å²) in [6.07, 6.45) is 3.70. The van der Waals surface area contributed by atoms with Gasteiger partial charge in [0.25, 0.3) is 0 Å². The zero-order valence-electron chi connectivity index (χ0n) is 9.01. The van der Waals surface area contributed by atoms with Crippen molar-refractivity contribution in [1.82, 2.24) is 0 Å². The highest BCUT2D eigenvalue weighted by Crippen LogP contribution is 2.23. The van der Waals surface area contributed by atoms with E-state index in [1.807, 2.05) is 0 Å². The molecule has 0 saturated carbocycles. The van der Waals surface area contributed by atoms with Crippen molar-refractivity contribution in [1.29, 1.82) is 0 Å². The predicted molar refractivity (Wildman–Crippen MR) is 54.1 cm³/mol. The number of aliphatic hydroxyl groups excluding tert-OH is 1. The Balaban J connectivity index is 3.82. The maximum Gasteiger partial charge on any atom is 0.0461 e. The summed E-state index contributed by atoms with van der Waals surface area (Å²) in [5, 5.41) is 9.14. The minimum atomic E-state index is 0.355. The molecule has 0 fully saturated rings. The fourth-order valence-electron chi connectivity index (χ4n) is 1.61. The summed E-state index contributed by atoms with van der Waals surface area (Å²) in [6.45, 7) is 9.23. The van der Waals surface area contributed by atoms with Gasteiger partial charge in [-0.1, -0.05) is 40.5 Å². The maximum absolute atomic E-state index is 9.14. The lowest BCUT2D eigenvalue weighted by molar-refractivity contribution is 0.160. The average molecular weight is 172 g/mol. The van der Waals surface area contributed by atoms with Gasteiger partial charge in [-0.2, -0.15) is 0 Å². The van der Waals surface area contributed by atoms with Crippen molar-refractivity contribution in [2.45, 2.75) is 47.0 Å². The van der Waals surface area contributed by atoms with Crippen molar-refractivity contribution in [2.24, 2.45) is 17.8 Å². The monoisotopic (exact) mass is 172 g/mol. The molecule has 0 bridgehead atoms. The highest BCUT2D eigenvalue weighted by atomic mass is 16.3. The van der Waals surface area contributed by atoms with Gasteiger partial charge in [-0.05, 0) is 24.2 Å². The number of aliphatic hydroxyl groups is 1.